The molecular formula is C8H14N4. The fraction of sp³-hybridized carbons (Fsp3) is 0.750. The van der Waals surface area contributed by atoms with Crippen molar-refractivity contribution in [2.24, 2.45) is 12.8 Å². The smallest absolute Gasteiger partial charge is 0.0874 e. The Morgan fingerprint density at radius 3 is 2.92 bits per heavy atom. The van der Waals surface area contributed by atoms with Gasteiger partial charge in [0.1, 0.15) is 0 Å². The Labute approximate surface area is 71.8 Å². The van der Waals surface area contributed by atoms with Crippen molar-refractivity contribution in [1.82, 2.24) is 15.0 Å². The highest BCUT2D eigenvalue weighted by atomic mass is 15.4. The van der Waals surface area contributed by atoms with Gasteiger partial charge in [-0.1, -0.05) is 5.21 Å². The quantitative estimate of drug-likeness (QED) is 0.697. The van der Waals surface area contributed by atoms with Crippen molar-refractivity contribution in [2.75, 3.05) is 6.54 Å². The average Bonchev–Trinajstić information content (AvgIpc) is 2.80. The predicted molar refractivity (Wildman–Crippen MR) is 45.7 cm³/mol. The maximum Gasteiger partial charge on any atom is 0.0874 e. The van der Waals surface area contributed by atoms with Crippen LogP contribution < -0.4 is 5.73 Å². The molecule has 0 radical (unpaired) electrons. The fourth-order valence-electron chi connectivity index (χ4n) is 1.58. The van der Waals surface area contributed by atoms with Gasteiger partial charge >= 0.3 is 0 Å². The van der Waals surface area contributed by atoms with E-state index in [0.717, 1.165) is 12.1 Å². The standard InChI is InChI=1S/C8H14N4/c1-12-8(6-2-3-6)7(4-5-9)10-11-12/h6H,2-5,9H2,1H3. The molecule has 0 spiro atoms. The molecule has 4 heteroatoms. The molecule has 0 aliphatic heterocycles. The van der Waals surface area contributed by atoms with E-state index < -0.39 is 0 Å². The van der Waals surface area contributed by atoms with Gasteiger partial charge in [-0.25, -0.2) is 0 Å². The molecule has 0 atom stereocenters. The summed E-state index contributed by atoms with van der Waals surface area (Å²) < 4.78 is 1.89. The van der Waals surface area contributed by atoms with Crippen LogP contribution in [0, 0.1) is 0 Å². The van der Waals surface area contributed by atoms with E-state index in [0.29, 0.717) is 12.5 Å². The van der Waals surface area contributed by atoms with Gasteiger partial charge in [-0.15, -0.1) is 5.10 Å². The second-order valence-electron chi connectivity index (χ2n) is 3.36. The van der Waals surface area contributed by atoms with Gasteiger partial charge in [-0.2, -0.15) is 0 Å². The predicted octanol–water partition coefficient (Wildman–Crippen LogP) is 0.194. The molecule has 0 unspecified atom stereocenters. The van der Waals surface area contributed by atoms with Crippen molar-refractivity contribution in [3.05, 3.63) is 11.4 Å². The Kier molecular flexibility index (Phi) is 1.84. The molecule has 1 fully saturated rings. The van der Waals surface area contributed by atoms with Gasteiger partial charge in [0, 0.05) is 19.4 Å². The van der Waals surface area contributed by atoms with Gasteiger partial charge in [0.05, 0.1) is 11.4 Å². The van der Waals surface area contributed by atoms with Crippen molar-refractivity contribution in [2.45, 2.75) is 25.2 Å². The van der Waals surface area contributed by atoms with E-state index in [9.17, 15) is 0 Å². The molecular weight excluding hydrogens is 152 g/mol. The number of rotatable bonds is 3. The molecule has 1 heterocycles. The normalized spacial score (nSPS) is 16.8. The zero-order chi connectivity index (χ0) is 8.55. The number of hydrogen-bond donors (Lipinski definition) is 1. The molecule has 66 valence electrons. The molecule has 1 aromatic heterocycles. The number of hydrogen-bond acceptors (Lipinski definition) is 3. The van der Waals surface area contributed by atoms with Crippen molar-refractivity contribution in [3.8, 4) is 0 Å². The summed E-state index contributed by atoms with van der Waals surface area (Å²) in [6.45, 7) is 0.665. The van der Waals surface area contributed by atoms with Crippen LogP contribution in [0.2, 0.25) is 0 Å². The van der Waals surface area contributed by atoms with E-state index in [2.05, 4.69) is 10.3 Å². The minimum absolute atomic E-state index is 0.665. The minimum Gasteiger partial charge on any atom is -0.330 e. The summed E-state index contributed by atoms with van der Waals surface area (Å²) in [6.07, 6.45) is 3.44. The third-order valence-electron chi connectivity index (χ3n) is 2.29. The van der Waals surface area contributed by atoms with Crippen LogP contribution in [0.25, 0.3) is 0 Å². The van der Waals surface area contributed by atoms with Crippen LogP contribution in [0.5, 0.6) is 0 Å². The van der Waals surface area contributed by atoms with Crippen LogP contribution in [0.1, 0.15) is 30.1 Å². The van der Waals surface area contributed by atoms with Crippen LogP contribution in [-0.2, 0) is 13.5 Å². The summed E-state index contributed by atoms with van der Waals surface area (Å²) in [4.78, 5) is 0. The van der Waals surface area contributed by atoms with E-state index >= 15 is 0 Å². The van der Waals surface area contributed by atoms with Gasteiger partial charge in [0.25, 0.3) is 0 Å². The van der Waals surface area contributed by atoms with Crippen molar-refractivity contribution in [3.63, 3.8) is 0 Å². The summed E-state index contributed by atoms with van der Waals surface area (Å²) in [5.41, 5.74) is 7.89. The first kappa shape index (κ1) is 7.73. The van der Waals surface area contributed by atoms with Gasteiger partial charge < -0.3 is 5.73 Å². The van der Waals surface area contributed by atoms with Gasteiger partial charge in [0.15, 0.2) is 0 Å². The second-order valence-corrected chi connectivity index (χ2v) is 3.36. The van der Waals surface area contributed by atoms with Crippen LogP contribution in [-0.4, -0.2) is 21.5 Å². The highest BCUT2D eigenvalue weighted by molar-refractivity contribution is 5.20. The Morgan fingerprint density at radius 2 is 2.33 bits per heavy atom. The highest BCUT2D eigenvalue weighted by Gasteiger charge is 2.29. The van der Waals surface area contributed by atoms with E-state index in [-0.39, 0.29) is 0 Å². The van der Waals surface area contributed by atoms with E-state index in [1.54, 1.807) is 0 Å². The van der Waals surface area contributed by atoms with E-state index in [4.69, 9.17) is 5.73 Å². The van der Waals surface area contributed by atoms with Gasteiger partial charge in [0.2, 0.25) is 0 Å². The van der Waals surface area contributed by atoms with Crippen LogP contribution in [0.4, 0.5) is 0 Å². The van der Waals surface area contributed by atoms with Crippen molar-refractivity contribution >= 4 is 0 Å². The Bertz CT molecular complexity index is 275. The molecule has 0 saturated heterocycles. The number of aryl methyl sites for hydroxylation is 1. The molecule has 2 N–H and O–H groups in total. The monoisotopic (exact) mass is 166 g/mol. The van der Waals surface area contributed by atoms with Gasteiger partial charge in [-0.05, 0) is 19.4 Å². The number of aromatic nitrogens is 3. The number of nitrogens with two attached hydrogens (primary N) is 1. The third-order valence-corrected chi connectivity index (χ3v) is 2.29. The molecule has 0 bridgehead atoms. The van der Waals surface area contributed by atoms with Crippen molar-refractivity contribution < 1.29 is 0 Å². The van der Waals surface area contributed by atoms with E-state index in [1.807, 2.05) is 11.7 Å². The lowest BCUT2D eigenvalue weighted by Crippen LogP contribution is -2.06. The summed E-state index contributed by atoms with van der Waals surface area (Å²) in [6, 6.07) is 0. The second kappa shape index (κ2) is 2.86. The lowest BCUT2D eigenvalue weighted by molar-refractivity contribution is 0.679. The summed E-state index contributed by atoms with van der Waals surface area (Å²) in [5.74, 6) is 0.714. The molecule has 2 rings (SSSR count). The van der Waals surface area contributed by atoms with E-state index in [1.165, 1.54) is 18.5 Å². The lowest BCUT2D eigenvalue weighted by Gasteiger charge is -1.99. The first-order valence-corrected chi connectivity index (χ1v) is 4.41. The fourth-order valence-corrected chi connectivity index (χ4v) is 1.58. The number of nitrogens with zero attached hydrogens (tertiary/aromatic N) is 3. The largest absolute Gasteiger partial charge is 0.330 e. The molecule has 12 heavy (non-hydrogen) atoms. The topological polar surface area (TPSA) is 56.7 Å². The zero-order valence-electron chi connectivity index (χ0n) is 7.32. The maximum atomic E-state index is 5.48. The molecule has 1 aromatic rings. The first-order valence-electron chi connectivity index (χ1n) is 4.41. The summed E-state index contributed by atoms with van der Waals surface area (Å²) >= 11 is 0. The molecule has 0 amide bonds. The lowest BCUT2D eigenvalue weighted by atomic mass is 10.2. The molecule has 1 saturated carbocycles. The Hall–Kier alpha value is -0.900. The SMILES string of the molecule is Cn1nnc(CCN)c1C1CC1. The van der Waals surface area contributed by atoms with Gasteiger partial charge in [-0.3, -0.25) is 4.68 Å². The molecule has 1 aliphatic carbocycles. The minimum atomic E-state index is 0.665. The molecule has 1 aliphatic rings. The molecule has 4 nitrogen and oxygen atoms in total. The summed E-state index contributed by atoms with van der Waals surface area (Å²) in [7, 11) is 1.96. The Balaban J connectivity index is 2.27. The molecule has 0 aromatic carbocycles. The van der Waals surface area contributed by atoms with Crippen LogP contribution >= 0.6 is 0 Å². The van der Waals surface area contributed by atoms with Crippen molar-refractivity contribution in [1.29, 1.82) is 0 Å². The maximum absolute atomic E-state index is 5.48. The third kappa shape index (κ3) is 1.22. The average molecular weight is 166 g/mol. The van der Waals surface area contributed by atoms with Crippen LogP contribution in [0.3, 0.4) is 0 Å². The highest BCUT2D eigenvalue weighted by Crippen LogP contribution is 2.40. The first-order chi connectivity index (χ1) is 5.83. The zero-order valence-corrected chi connectivity index (χ0v) is 7.32. The van der Waals surface area contributed by atoms with Crippen LogP contribution in [0.15, 0.2) is 0 Å². The Morgan fingerprint density at radius 1 is 1.58 bits per heavy atom. The summed E-state index contributed by atoms with van der Waals surface area (Å²) in [5, 5.41) is 8.11.